The largest absolute Gasteiger partial charge is 0.338 e. The highest BCUT2D eigenvalue weighted by Gasteiger charge is 2.06. The van der Waals surface area contributed by atoms with Crippen molar-refractivity contribution in [3.05, 3.63) is 71.2 Å². The molecule has 1 aromatic heterocycles. The van der Waals surface area contributed by atoms with Crippen molar-refractivity contribution in [2.45, 2.75) is 6.92 Å². The standard InChI is InChI=1S/C17H14ClN3/c1-12-10-16(13-6-3-2-4-7-13)20-21-17(12)19-15-9-5-8-14(18)11-15/h2-11H,1H3,(H,19,21). The van der Waals surface area contributed by atoms with Crippen LogP contribution in [0.5, 0.6) is 0 Å². The monoisotopic (exact) mass is 295 g/mol. The Hall–Kier alpha value is -2.39. The van der Waals surface area contributed by atoms with Crippen molar-refractivity contribution < 1.29 is 0 Å². The predicted octanol–water partition coefficient (Wildman–Crippen LogP) is 4.85. The summed E-state index contributed by atoms with van der Waals surface area (Å²) < 4.78 is 0. The smallest absolute Gasteiger partial charge is 0.156 e. The molecule has 0 bridgehead atoms. The van der Waals surface area contributed by atoms with E-state index in [1.165, 1.54) is 0 Å². The quantitative estimate of drug-likeness (QED) is 0.750. The van der Waals surface area contributed by atoms with Crippen LogP contribution in [0.25, 0.3) is 11.3 Å². The fraction of sp³-hybridized carbons (Fsp3) is 0.0588. The van der Waals surface area contributed by atoms with Gasteiger partial charge in [-0.2, -0.15) is 0 Å². The van der Waals surface area contributed by atoms with Crippen molar-refractivity contribution in [2.75, 3.05) is 5.32 Å². The van der Waals surface area contributed by atoms with Crippen molar-refractivity contribution in [1.82, 2.24) is 10.2 Å². The first-order valence-corrected chi connectivity index (χ1v) is 7.02. The summed E-state index contributed by atoms with van der Waals surface area (Å²) in [6, 6.07) is 19.6. The number of nitrogens with zero attached hydrogens (tertiary/aromatic N) is 2. The maximum absolute atomic E-state index is 5.98. The fourth-order valence-electron chi connectivity index (χ4n) is 2.06. The lowest BCUT2D eigenvalue weighted by Crippen LogP contribution is -1.99. The minimum absolute atomic E-state index is 0.687. The number of anilines is 2. The average molecular weight is 296 g/mol. The Bertz CT molecular complexity index is 757. The van der Waals surface area contributed by atoms with Crippen LogP contribution in [0.4, 0.5) is 11.5 Å². The van der Waals surface area contributed by atoms with Gasteiger partial charge in [-0.05, 0) is 36.8 Å². The Labute approximate surface area is 128 Å². The predicted molar refractivity (Wildman–Crippen MR) is 86.9 cm³/mol. The van der Waals surface area contributed by atoms with Crippen LogP contribution in [0.3, 0.4) is 0 Å². The van der Waals surface area contributed by atoms with Crippen molar-refractivity contribution >= 4 is 23.1 Å². The molecule has 0 fully saturated rings. The van der Waals surface area contributed by atoms with Crippen molar-refractivity contribution in [1.29, 1.82) is 0 Å². The fourth-order valence-corrected chi connectivity index (χ4v) is 2.25. The van der Waals surface area contributed by atoms with E-state index in [-0.39, 0.29) is 0 Å². The summed E-state index contributed by atoms with van der Waals surface area (Å²) in [5, 5.41) is 12.5. The van der Waals surface area contributed by atoms with E-state index in [0.29, 0.717) is 5.02 Å². The van der Waals surface area contributed by atoms with Crippen molar-refractivity contribution in [3.8, 4) is 11.3 Å². The summed E-state index contributed by atoms with van der Waals surface area (Å²) in [6.45, 7) is 2.01. The molecule has 0 aliphatic rings. The first kappa shape index (κ1) is 13.6. The molecule has 1 N–H and O–H groups in total. The van der Waals surface area contributed by atoms with Gasteiger partial charge in [-0.3, -0.25) is 0 Å². The second-order valence-electron chi connectivity index (χ2n) is 4.76. The summed E-state index contributed by atoms with van der Waals surface area (Å²) in [5.41, 5.74) is 3.85. The molecule has 0 unspecified atom stereocenters. The Kier molecular flexibility index (Phi) is 3.84. The van der Waals surface area contributed by atoms with Gasteiger partial charge in [0, 0.05) is 16.3 Å². The van der Waals surface area contributed by atoms with Crippen LogP contribution in [0.2, 0.25) is 5.02 Å². The molecule has 4 heteroatoms. The van der Waals surface area contributed by atoms with Gasteiger partial charge in [0.05, 0.1) is 5.69 Å². The summed E-state index contributed by atoms with van der Waals surface area (Å²) in [7, 11) is 0. The molecule has 3 rings (SSSR count). The SMILES string of the molecule is Cc1cc(-c2ccccc2)nnc1Nc1cccc(Cl)c1. The summed E-state index contributed by atoms with van der Waals surface area (Å²) >= 11 is 5.98. The minimum Gasteiger partial charge on any atom is -0.338 e. The molecule has 0 atom stereocenters. The number of hydrogen-bond donors (Lipinski definition) is 1. The first-order chi connectivity index (χ1) is 10.2. The van der Waals surface area contributed by atoms with Crippen LogP contribution in [0, 0.1) is 6.92 Å². The van der Waals surface area contributed by atoms with E-state index >= 15 is 0 Å². The molecule has 3 nitrogen and oxygen atoms in total. The molecule has 0 aliphatic carbocycles. The number of benzene rings is 2. The average Bonchev–Trinajstić information content (AvgIpc) is 2.50. The normalized spacial score (nSPS) is 10.4. The van der Waals surface area contributed by atoms with E-state index in [2.05, 4.69) is 15.5 Å². The zero-order valence-electron chi connectivity index (χ0n) is 11.5. The molecule has 3 aromatic rings. The summed E-state index contributed by atoms with van der Waals surface area (Å²) in [4.78, 5) is 0. The molecule has 21 heavy (non-hydrogen) atoms. The summed E-state index contributed by atoms with van der Waals surface area (Å²) in [6.07, 6.45) is 0. The number of aromatic nitrogens is 2. The first-order valence-electron chi connectivity index (χ1n) is 6.65. The number of aryl methyl sites for hydroxylation is 1. The van der Waals surface area contributed by atoms with Crippen LogP contribution in [0.15, 0.2) is 60.7 Å². The third-order valence-electron chi connectivity index (χ3n) is 3.14. The van der Waals surface area contributed by atoms with Gasteiger partial charge in [-0.1, -0.05) is 48.0 Å². The Morgan fingerprint density at radius 3 is 2.43 bits per heavy atom. The van der Waals surface area contributed by atoms with Crippen LogP contribution in [0.1, 0.15) is 5.56 Å². The van der Waals surface area contributed by atoms with Gasteiger partial charge in [-0.25, -0.2) is 0 Å². The lowest BCUT2D eigenvalue weighted by atomic mass is 10.1. The molecule has 0 saturated heterocycles. The lowest BCUT2D eigenvalue weighted by molar-refractivity contribution is 1.03. The third-order valence-corrected chi connectivity index (χ3v) is 3.38. The lowest BCUT2D eigenvalue weighted by Gasteiger charge is -2.09. The Balaban J connectivity index is 1.88. The Morgan fingerprint density at radius 1 is 0.905 bits per heavy atom. The molecule has 2 aromatic carbocycles. The number of hydrogen-bond acceptors (Lipinski definition) is 3. The molecular weight excluding hydrogens is 282 g/mol. The molecular formula is C17H14ClN3. The maximum Gasteiger partial charge on any atom is 0.156 e. The van der Waals surface area contributed by atoms with Crippen LogP contribution in [-0.4, -0.2) is 10.2 Å². The van der Waals surface area contributed by atoms with Crippen molar-refractivity contribution in [2.24, 2.45) is 0 Å². The topological polar surface area (TPSA) is 37.8 Å². The van der Waals surface area contributed by atoms with Gasteiger partial charge in [0.25, 0.3) is 0 Å². The van der Waals surface area contributed by atoms with Gasteiger partial charge in [-0.15, -0.1) is 10.2 Å². The van der Waals surface area contributed by atoms with E-state index in [9.17, 15) is 0 Å². The van der Waals surface area contributed by atoms with E-state index in [0.717, 1.165) is 28.3 Å². The van der Waals surface area contributed by atoms with Crippen LogP contribution < -0.4 is 5.32 Å². The maximum atomic E-state index is 5.98. The number of rotatable bonds is 3. The third kappa shape index (κ3) is 3.20. The van der Waals surface area contributed by atoms with Gasteiger partial charge in [0.1, 0.15) is 0 Å². The highest BCUT2D eigenvalue weighted by molar-refractivity contribution is 6.30. The Morgan fingerprint density at radius 2 is 1.71 bits per heavy atom. The van der Waals surface area contributed by atoms with Gasteiger partial charge < -0.3 is 5.32 Å². The molecule has 0 aliphatic heterocycles. The highest BCUT2D eigenvalue weighted by Crippen LogP contribution is 2.23. The van der Waals surface area contributed by atoms with E-state index in [1.54, 1.807) is 0 Å². The number of nitrogens with one attached hydrogen (secondary N) is 1. The molecule has 0 amide bonds. The molecule has 1 heterocycles. The van der Waals surface area contributed by atoms with Crippen LogP contribution in [-0.2, 0) is 0 Å². The zero-order valence-corrected chi connectivity index (χ0v) is 12.3. The molecule has 0 radical (unpaired) electrons. The van der Waals surface area contributed by atoms with Gasteiger partial charge in [0.15, 0.2) is 5.82 Å². The summed E-state index contributed by atoms with van der Waals surface area (Å²) in [5.74, 6) is 0.733. The van der Waals surface area contributed by atoms with E-state index in [4.69, 9.17) is 11.6 Å². The minimum atomic E-state index is 0.687. The number of halogens is 1. The second kappa shape index (κ2) is 5.94. The highest BCUT2D eigenvalue weighted by atomic mass is 35.5. The van der Waals surface area contributed by atoms with E-state index < -0.39 is 0 Å². The molecule has 0 spiro atoms. The second-order valence-corrected chi connectivity index (χ2v) is 5.20. The van der Waals surface area contributed by atoms with Gasteiger partial charge >= 0.3 is 0 Å². The zero-order chi connectivity index (χ0) is 14.7. The van der Waals surface area contributed by atoms with E-state index in [1.807, 2.05) is 67.6 Å². The van der Waals surface area contributed by atoms with Crippen LogP contribution >= 0.6 is 11.6 Å². The molecule has 104 valence electrons. The van der Waals surface area contributed by atoms with Crippen molar-refractivity contribution in [3.63, 3.8) is 0 Å². The molecule has 0 saturated carbocycles. The van der Waals surface area contributed by atoms with Gasteiger partial charge in [0.2, 0.25) is 0 Å².